The molecule has 0 radical (unpaired) electrons. The first-order valence-electron chi connectivity index (χ1n) is 2.41. The van der Waals surface area contributed by atoms with E-state index in [-0.39, 0.29) is 24.8 Å². The average Bonchev–Trinajstić information content (AvgIpc) is 1.41. The van der Waals surface area contributed by atoms with Gasteiger partial charge in [0.1, 0.15) is 0 Å². The van der Waals surface area contributed by atoms with E-state index < -0.39 is 0 Å². The van der Waals surface area contributed by atoms with Gasteiger partial charge in [0.15, 0.2) is 0 Å². The minimum atomic E-state index is 0. The Hall–Kier alpha value is 1.45. The molecule has 0 aromatic rings. The summed E-state index contributed by atoms with van der Waals surface area (Å²) >= 11 is 0.982. The van der Waals surface area contributed by atoms with Crippen molar-refractivity contribution in [1.82, 2.24) is 0 Å². The molecule has 0 aliphatic rings. The summed E-state index contributed by atoms with van der Waals surface area (Å²) in [5, 5.41) is 0. The fourth-order valence-electron chi connectivity index (χ4n) is 0.354. The predicted octanol–water partition coefficient (Wildman–Crippen LogP) is 1.68. The third kappa shape index (κ3) is 18.6. The molecular formula is C4H13Cl2In. The summed E-state index contributed by atoms with van der Waals surface area (Å²) in [6.45, 7) is 2.25. The number of rotatable bonds is 2. The molecular weight excluding hydrogens is 234 g/mol. The third-order valence-electron chi connectivity index (χ3n) is 0.707. The van der Waals surface area contributed by atoms with Crippen molar-refractivity contribution in [3.63, 3.8) is 0 Å². The second-order valence-corrected chi connectivity index (χ2v) is 4.21. The minimum absolute atomic E-state index is 0. The summed E-state index contributed by atoms with van der Waals surface area (Å²) in [6.07, 6.45) is 2.88. The van der Waals surface area contributed by atoms with E-state index in [0.29, 0.717) is 0 Å². The zero-order valence-corrected chi connectivity index (χ0v) is 12.3. The van der Waals surface area contributed by atoms with Crippen LogP contribution < -0.4 is 0 Å². The van der Waals surface area contributed by atoms with Gasteiger partial charge in [-0.3, -0.25) is 0 Å². The fraction of sp³-hybridized carbons (Fsp3) is 1.00. The van der Waals surface area contributed by atoms with Crippen molar-refractivity contribution in [1.29, 1.82) is 0 Å². The van der Waals surface area contributed by atoms with Crippen LogP contribution in [0.25, 0.3) is 0 Å². The summed E-state index contributed by atoms with van der Waals surface area (Å²) in [4.78, 5) is 0. The number of halogens is 2. The van der Waals surface area contributed by atoms with E-state index >= 15 is 0 Å². The van der Waals surface area contributed by atoms with Crippen molar-refractivity contribution < 1.29 is 0 Å². The van der Waals surface area contributed by atoms with Gasteiger partial charge in [0, 0.05) is 0 Å². The molecule has 0 bridgehead atoms. The van der Waals surface area contributed by atoms with Gasteiger partial charge in [-0.1, -0.05) is 0 Å². The first-order valence-corrected chi connectivity index (χ1v) is 6.45. The predicted molar refractivity (Wildman–Crippen MR) is 42.8 cm³/mol. The van der Waals surface area contributed by atoms with Gasteiger partial charge in [0.25, 0.3) is 0 Å². The van der Waals surface area contributed by atoms with Crippen molar-refractivity contribution in [3.8, 4) is 0 Å². The monoisotopic (exact) mass is 246 g/mol. The van der Waals surface area contributed by atoms with Crippen molar-refractivity contribution in [2.45, 2.75) is 23.9 Å². The van der Waals surface area contributed by atoms with Crippen LogP contribution in [0.5, 0.6) is 0 Å². The minimum Gasteiger partial charge on any atom is -0.147 e. The molecule has 0 aromatic carbocycles. The Morgan fingerprint density at radius 2 is 1.71 bits per heavy atom. The molecule has 0 aliphatic carbocycles. The van der Waals surface area contributed by atoms with E-state index in [1.165, 1.54) is 12.8 Å². The largest absolute Gasteiger partial charge is 0.147 e. The van der Waals surface area contributed by atoms with Crippen LogP contribution in [0, 0.1) is 0 Å². The molecule has 7 heavy (non-hydrogen) atoms. The summed E-state index contributed by atoms with van der Waals surface area (Å²) in [6, 6.07) is 0. The van der Waals surface area contributed by atoms with Crippen LogP contribution in [0.4, 0.5) is 0 Å². The summed E-state index contributed by atoms with van der Waals surface area (Å²) < 4.78 is 1.55. The Balaban J connectivity index is -0.0000000800. The molecule has 0 nitrogen and oxygen atoms in total. The third-order valence-corrected chi connectivity index (χ3v) is 2.73. The van der Waals surface area contributed by atoms with Crippen LogP contribution in [0.15, 0.2) is 0 Å². The van der Waals surface area contributed by atoms with Crippen molar-refractivity contribution in [2.24, 2.45) is 0 Å². The maximum atomic E-state index is 2.25. The molecule has 46 valence electrons. The maximum Gasteiger partial charge on any atom is -0.147 e. The Bertz CT molecular complexity index is 17.2. The van der Waals surface area contributed by atoms with Crippen molar-refractivity contribution >= 4 is 49.2 Å². The van der Waals surface area contributed by atoms with Gasteiger partial charge < -0.3 is 0 Å². The zero-order chi connectivity index (χ0) is 4.12. The van der Waals surface area contributed by atoms with Crippen LogP contribution in [-0.4, -0.2) is 24.4 Å². The summed E-state index contributed by atoms with van der Waals surface area (Å²) in [5.74, 6) is 0. The van der Waals surface area contributed by atoms with E-state index in [2.05, 4.69) is 6.92 Å². The topological polar surface area (TPSA) is 0 Å². The Labute approximate surface area is 72.8 Å². The fourth-order valence-corrected chi connectivity index (χ4v) is 2.37. The molecule has 0 unspecified atom stereocenters. The van der Waals surface area contributed by atoms with Gasteiger partial charge in [-0.25, -0.2) is 0 Å². The normalized spacial score (nSPS) is 5.86. The molecule has 0 spiro atoms. The molecule has 0 saturated carbocycles. The Kier molecular flexibility index (Phi) is 35.3. The van der Waals surface area contributed by atoms with Crippen LogP contribution in [0.3, 0.4) is 0 Å². The van der Waals surface area contributed by atoms with Gasteiger partial charge in [-0.2, -0.15) is 0 Å². The molecule has 3 heteroatoms. The Morgan fingerprint density at radius 3 is 1.71 bits per heavy atom. The first-order chi connectivity index (χ1) is 2.41. The second kappa shape index (κ2) is 15.7. The molecule has 0 aromatic heterocycles. The second-order valence-electron chi connectivity index (χ2n) is 1.35. The van der Waals surface area contributed by atoms with E-state index in [9.17, 15) is 0 Å². The van der Waals surface area contributed by atoms with E-state index in [1.807, 2.05) is 0 Å². The summed E-state index contributed by atoms with van der Waals surface area (Å²) in [5.41, 5.74) is 0. The maximum absolute atomic E-state index is 2.25. The molecule has 0 rings (SSSR count). The zero-order valence-electron chi connectivity index (χ0n) is 4.94. The van der Waals surface area contributed by atoms with E-state index in [0.717, 1.165) is 24.4 Å². The van der Waals surface area contributed by atoms with Gasteiger partial charge in [-0.05, 0) is 0 Å². The summed E-state index contributed by atoms with van der Waals surface area (Å²) in [7, 11) is 0. The quantitative estimate of drug-likeness (QED) is 0.696. The Morgan fingerprint density at radius 1 is 1.29 bits per heavy atom. The van der Waals surface area contributed by atoms with Gasteiger partial charge >= 0.3 is 48.3 Å². The molecule has 0 N–H and O–H groups in total. The van der Waals surface area contributed by atoms with Crippen LogP contribution in [-0.2, 0) is 0 Å². The van der Waals surface area contributed by atoms with Gasteiger partial charge in [-0.15, -0.1) is 24.8 Å². The van der Waals surface area contributed by atoms with Crippen molar-refractivity contribution in [2.75, 3.05) is 0 Å². The molecule has 0 aliphatic heterocycles. The SMILES string of the molecule is CCC[CH2][InH2].Cl.Cl. The average molecular weight is 247 g/mol. The molecule has 0 amide bonds. The first kappa shape index (κ1) is 15.8. The van der Waals surface area contributed by atoms with Crippen LogP contribution in [0.2, 0.25) is 4.18 Å². The van der Waals surface area contributed by atoms with Gasteiger partial charge in [0.05, 0.1) is 0 Å². The van der Waals surface area contributed by atoms with E-state index in [4.69, 9.17) is 0 Å². The standard InChI is InChI=1S/C4H9.2ClH.In.2H/c1-3-4-2;;;;;/h1,3-4H2,2H3;2*1H;;;. The van der Waals surface area contributed by atoms with E-state index in [1.54, 1.807) is 4.18 Å². The number of hydrogen-bond acceptors (Lipinski definition) is 0. The molecule has 0 saturated heterocycles. The van der Waals surface area contributed by atoms with Gasteiger partial charge in [0.2, 0.25) is 0 Å². The number of hydrogen-bond donors (Lipinski definition) is 0. The smallest absolute Gasteiger partial charge is 0.147 e. The van der Waals surface area contributed by atoms with Crippen LogP contribution >= 0.6 is 24.8 Å². The van der Waals surface area contributed by atoms with Crippen LogP contribution in [0.1, 0.15) is 19.8 Å². The molecule has 0 atom stereocenters. The van der Waals surface area contributed by atoms with Crippen molar-refractivity contribution in [3.05, 3.63) is 0 Å². The molecule has 0 fully saturated rings. The molecule has 0 heterocycles. The number of unbranched alkanes of at least 4 members (excludes halogenated alkanes) is 1.